The predicted molar refractivity (Wildman–Crippen MR) is 83.8 cm³/mol. The summed E-state index contributed by atoms with van der Waals surface area (Å²) >= 11 is 6.92. The first-order chi connectivity index (χ1) is 8.80. The average Bonchev–Trinajstić information content (AvgIpc) is 2.31. The van der Waals surface area contributed by atoms with Crippen LogP contribution in [-0.2, 0) is 5.41 Å². The Labute approximate surface area is 129 Å². The van der Waals surface area contributed by atoms with Crippen molar-refractivity contribution in [2.75, 3.05) is 5.73 Å². The van der Waals surface area contributed by atoms with Gasteiger partial charge in [-0.2, -0.15) is 0 Å². The van der Waals surface area contributed by atoms with Crippen LogP contribution in [0.15, 0.2) is 27.3 Å². The van der Waals surface area contributed by atoms with Crippen LogP contribution in [0.3, 0.4) is 0 Å². The van der Waals surface area contributed by atoms with Gasteiger partial charge in [-0.15, -0.1) is 0 Å². The Bertz CT molecular complexity index is 621. The zero-order valence-corrected chi connectivity index (χ0v) is 14.1. The molecule has 0 unspecified atom stereocenters. The van der Waals surface area contributed by atoms with Gasteiger partial charge in [0.15, 0.2) is 5.82 Å². The van der Waals surface area contributed by atoms with Crippen LogP contribution in [0.4, 0.5) is 5.82 Å². The van der Waals surface area contributed by atoms with Gasteiger partial charge in [0, 0.05) is 16.1 Å². The molecule has 0 aliphatic rings. The summed E-state index contributed by atoms with van der Waals surface area (Å²) in [4.78, 5) is 13.2. The van der Waals surface area contributed by atoms with Crippen LogP contribution < -0.4 is 5.73 Å². The SMILES string of the molecule is CC(C)(C)c1nc(-c2ncccc2Br)nc(N)c1Br. The molecule has 0 aromatic carbocycles. The van der Waals surface area contributed by atoms with Crippen LogP contribution in [0.1, 0.15) is 26.5 Å². The number of anilines is 1. The molecule has 0 bridgehead atoms. The van der Waals surface area contributed by atoms with E-state index in [-0.39, 0.29) is 5.41 Å². The first-order valence-corrected chi connectivity index (χ1v) is 7.33. The zero-order valence-electron chi connectivity index (χ0n) is 10.9. The second-order valence-corrected chi connectivity index (χ2v) is 6.83. The molecule has 0 fully saturated rings. The molecule has 0 atom stereocenters. The van der Waals surface area contributed by atoms with E-state index in [1.54, 1.807) is 6.20 Å². The third-order valence-corrected chi connectivity index (χ3v) is 3.98. The van der Waals surface area contributed by atoms with Crippen LogP contribution in [-0.4, -0.2) is 15.0 Å². The smallest absolute Gasteiger partial charge is 0.181 e. The third kappa shape index (κ3) is 2.95. The first kappa shape index (κ1) is 14.4. The average molecular weight is 386 g/mol. The number of nitrogens with two attached hydrogens (primary N) is 1. The van der Waals surface area contributed by atoms with Crippen molar-refractivity contribution in [3.05, 3.63) is 33.0 Å². The predicted octanol–water partition coefficient (Wildman–Crippen LogP) is 3.94. The number of halogens is 2. The number of rotatable bonds is 1. The van der Waals surface area contributed by atoms with Crippen molar-refractivity contribution in [1.29, 1.82) is 0 Å². The zero-order chi connectivity index (χ0) is 14.2. The van der Waals surface area contributed by atoms with Crippen molar-refractivity contribution < 1.29 is 0 Å². The summed E-state index contributed by atoms with van der Waals surface area (Å²) < 4.78 is 1.59. The molecule has 2 aromatic heterocycles. The van der Waals surface area contributed by atoms with Crippen LogP contribution in [0, 0.1) is 0 Å². The van der Waals surface area contributed by atoms with Gasteiger partial charge in [0.05, 0.1) is 10.2 Å². The van der Waals surface area contributed by atoms with E-state index < -0.39 is 0 Å². The van der Waals surface area contributed by atoms with Crippen molar-refractivity contribution in [3.63, 3.8) is 0 Å². The normalized spacial score (nSPS) is 11.6. The van der Waals surface area contributed by atoms with Gasteiger partial charge < -0.3 is 5.73 Å². The van der Waals surface area contributed by atoms with Gasteiger partial charge in [0.1, 0.15) is 11.5 Å². The van der Waals surface area contributed by atoms with Gasteiger partial charge in [-0.3, -0.25) is 4.98 Å². The largest absolute Gasteiger partial charge is 0.383 e. The summed E-state index contributed by atoms with van der Waals surface area (Å²) in [6.45, 7) is 6.24. The highest BCUT2D eigenvalue weighted by atomic mass is 79.9. The van der Waals surface area contributed by atoms with E-state index >= 15 is 0 Å². The van der Waals surface area contributed by atoms with Crippen LogP contribution in [0.5, 0.6) is 0 Å². The molecule has 0 radical (unpaired) electrons. The van der Waals surface area contributed by atoms with E-state index in [1.165, 1.54) is 0 Å². The lowest BCUT2D eigenvalue weighted by Gasteiger charge is -2.20. The molecule has 0 saturated carbocycles. The number of pyridine rings is 1. The van der Waals surface area contributed by atoms with Gasteiger partial charge in [-0.1, -0.05) is 20.8 Å². The molecule has 100 valence electrons. The van der Waals surface area contributed by atoms with Gasteiger partial charge in [-0.25, -0.2) is 9.97 Å². The molecule has 2 N–H and O–H groups in total. The van der Waals surface area contributed by atoms with Crippen LogP contribution in [0.2, 0.25) is 0 Å². The summed E-state index contributed by atoms with van der Waals surface area (Å²) in [5, 5.41) is 0. The molecule has 6 heteroatoms. The minimum atomic E-state index is -0.133. The lowest BCUT2D eigenvalue weighted by Crippen LogP contribution is -2.17. The third-order valence-electron chi connectivity index (χ3n) is 2.56. The molecule has 2 aromatic rings. The Balaban J connectivity index is 2.68. The maximum Gasteiger partial charge on any atom is 0.181 e. The van der Waals surface area contributed by atoms with Crippen molar-refractivity contribution in [3.8, 4) is 11.5 Å². The second kappa shape index (κ2) is 5.17. The van der Waals surface area contributed by atoms with E-state index in [0.717, 1.165) is 14.6 Å². The molecule has 0 aliphatic heterocycles. The van der Waals surface area contributed by atoms with E-state index in [4.69, 9.17) is 5.73 Å². The highest BCUT2D eigenvalue weighted by molar-refractivity contribution is 9.11. The standard InChI is InChI=1S/C13H14Br2N4/c1-13(2,3)10-8(15)11(16)19-12(18-10)9-7(14)5-4-6-17-9/h4-6H,1-3H3,(H2,16,18,19). The molecule has 0 spiro atoms. The number of hydrogen-bond acceptors (Lipinski definition) is 4. The van der Waals surface area contributed by atoms with Crippen molar-refractivity contribution in [2.45, 2.75) is 26.2 Å². The Morgan fingerprint density at radius 2 is 1.84 bits per heavy atom. The van der Waals surface area contributed by atoms with Crippen molar-refractivity contribution in [1.82, 2.24) is 15.0 Å². The second-order valence-electron chi connectivity index (χ2n) is 5.18. The number of nitrogen functional groups attached to an aromatic ring is 1. The van der Waals surface area contributed by atoms with Crippen molar-refractivity contribution in [2.24, 2.45) is 0 Å². The van der Waals surface area contributed by atoms with Crippen LogP contribution >= 0.6 is 31.9 Å². The highest BCUT2D eigenvalue weighted by Crippen LogP contribution is 2.33. The summed E-state index contributed by atoms with van der Waals surface area (Å²) in [5.41, 5.74) is 7.39. The summed E-state index contributed by atoms with van der Waals surface area (Å²) in [6.07, 6.45) is 1.71. The molecule has 4 nitrogen and oxygen atoms in total. The fourth-order valence-electron chi connectivity index (χ4n) is 1.62. The molecular formula is C13H14Br2N4. The topological polar surface area (TPSA) is 64.7 Å². The first-order valence-electron chi connectivity index (χ1n) is 5.75. The number of nitrogens with zero attached hydrogens (tertiary/aromatic N) is 3. The summed E-state index contributed by atoms with van der Waals surface area (Å²) in [6, 6.07) is 3.75. The van der Waals surface area contributed by atoms with Gasteiger partial charge >= 0.3 is 0 Å². The summed E-state index contributed by atoms with van der Waals surface area (Å²) in [7, 11) is 0. The molecule has 0 saturated heterocycles. The van der Waals surface area contributed by atoms with Gasteiger partial charge in [0.2, 0.25) is 0 Å². The fraction of sp³-hybridized carbons (Fsp3) is 0.308. The Kier molecular flexibility index (Phi) is 3.92. The fourth-order valence-corrected chi connectivity index (χ4v) is 2.82. The molecule has 0 amide bonds. The van der Waals surface area contributed by atoms with E-state index in [0.29, 0.717) is 17.3 Å². The molecule has 19 heavy (non-hydrogen) atoms. The minimum Gasteiger partial charge on any atom is -0.383 e. The maximum atomic E-state index is 5.96. The quantitative estimate of drug-likeness (QED) is 0.807. The number of hydrogen-bond donors (Lipinski definition) is 1. The Morgan fingerprint density at radius 3 is 2.42 bits per heavy atom. The number of aromatic nitrogens is 3. The highest BCUT2D eigenvalue weighted by Gasteiger charge is 2.23. The molecule has 2 heterocycles. The lowest BCUT2D eigenvalue weighted by molar-refractivity contribution is 0.564. The minimum absolute atomic E-state index is 0.133. The van der Waals surface area contributed by atoms with E-state index in [1.807, 2.05) is 12.1 Å². The molecule has 0 aliphatic carbocycles. The Morgan fingerprint density at radius 1 is 1.16 bits per heavy atom. The molecule has 2 rings (SSSR count). The van der Waals surface area contributed by atoms with Gasteiger partial charge in [0.25, 0.3) is 0 Å². The van der Waals surface area contributed by atoms with E-state index in [2.05, 4.69) is 67.6 Å². The van der Waals surface area contributed by atoms with Crippen molar-refractivity contribution >= 4 is 37.7 Å². The van der Waals surface area contributed by atoms with Crippen LogP contribution in [0.25, 0.3) is 11.5 Å². The monoisotopic (exact) mass is 384 g/mol. The van der Waals surface area contributed by atoms with Gasteiger partial charge in [-0.05, 0) is 44.0 Å². The molecular weight excluding hydrogens is 372 g/mol. The van der Waals surface area contributed by atoms with E-state index in [9.17, 15) is 0 Å². The Hall–Kier alpha value is -1.01. The summed E-state index contributed by atoms with van der Waals surface area (Å²) in [5.74, 6) is 0.950. The lowest BCUT2D eigenvalue weighted by atomic mass is 9.92. The maximum absolute atomic E-state index is 5.96.